The molecule has 0 spiro atoms. The van der Waals surface area contributed by atoms with Crippen molar-refractivity contribution in [2.75, 3.05) is 6.61 Å². The molecule has 1 aliphatic carbocycles. The molecule has 0 heterocycles. The van der Waals surface area contributed by atoms with Gasteiger partial charge in [-0.1, -0.05) is 193 Å². The number of nitrogens with one attached hydrogen (secondary N) is 1. The molecule has 0 saturated heterocycles. The molecule has 1 amide bonds. The lowest BCUT2D eigenvalue weighted by Gasteiger charge is -2.41. The van der Waals surface area contributed by atoms with E-state index in [4.69, 9.17) is 9.05 Å². The van der Waals surface area contributed by atoms with Crippen LogP contribution in [0.15, 0.2) is 12.2 Å². The summed E-state index contributed by atoms with van der Waals surface area (Å²) in [5.41, 5.74) is 0. The maximum absolute atomic E-state index is 12.9. The second-order valence-corrected chi connectivity index (χ2v) is 18.0. The molecule has 338 valence electrons. The zero-order chi connectivity index (χ0) is 42.2. The van der Waals surface area contributed by atoms with Crippen LogP contribution in [0.1, 0.15) is 206 Å². The highest BCUT2D eigenvalue weighted by Crippen LogP contribution is 2.47. The first-order valence-corrected chi connectivity index (χ1v) is 24.6. The molecular weight excluding hydrogens is 749 g/mol. The van der Waals surface area contributed by atoms with Gasteiger partial charge in [0.25, 0.3) is 0 Å². The fourth-order valence-corrected chi connectivity index (χ4v) is 8.46. The van der Waals surface area contributed by atoms with Gasteiger partial charge in [-0.05, 0) is 19.3 Å². The van der Waals surface area contributed by atoms with Crippen LogP contribution in [0.3, 0.4) is 0 Å². The quantitative estimate of drug-likeness (QED) is 0.0168. The average Bonchev–Trinajstić information content (AvgIpc) is 3.19. The second-order valence-electron chi connectivity index (χ2n) is 16.6. The van der Waals surface area contributed by atoms with Crippen molar-refractivity contribution in [1.82, 2.24) is 5.32 Å². The van der Waals surface area contributed by atoms with Crippen LogP contribution in [0.2, 0.25) is 0 Å². The van der Waals surface area contributed by atoms with Crippen molar-refractivity contribution < 1.29 is 53.9 Å². The van der Waals surface area contributed by atoms with Gasteiger partial charge in [-0.15, -0.1) is 0 Å². The summed E-state index contributed by atoms with van der Waals surface area (Å²) in [4.78, 5) is 23.3. The van der Waals surface area contributed by atoms with Crippen LogP contribution >= 0.6 is 7.82 Å². The summed E-state index contributed by atoms with van der Waals surface area (Å²) >= 11 is 0. The fraction of sp³-hybridized carbons (Fsp3) is 0.932. The lowest BCUT2D eigenvalue weighted by molar-refractivity contribution is -0.220. The summed E-state index contributed by atoms with van der Waals surface area (Å²) in [7, 11) is -5.07. The highest BCUT2D eigenvalue weighted by molar-refractivity contribution is 7.47. The van der Waals surface area contributed by atoms with Gasteiger partial charge in [0.05, 0.1) is 18.8 Å². The van der Waals surface area contributed by atoms with E-state index in [0.717, 1.165) is 44.9 Å². The van der Waals surface area contributed by atoms with Gasteiger partial charge in [0.1, 0.15) is 36.6 Å². The average molecular weight is 836 g/mol. The Morgan fingerprint density at radius 3 is 1.33 bits per heavy atom. The maximum Gasteiger partial charge on any atom is 0.472 e. The number of amides is 1. The van der Waals surface area contributed by atoms with E-state index < -0.39 is 63.2 Å². The number of phosphoric acid groups is 1. The molecule has 0 aliphatic heterocycles. The van der Waals surface area contributed by atoms with Crippen LogP contribution in [-0.4, -0.2) is 96.8 Å². The van der Waals surface area contributed by atoms with Crippen molar-refractivity contribution >= 4 is 13.7 Å². The van der Waals surface area contributed by atoms with Crippen molar-refractivity contribution in [3.63, 3.8) is 0 Å². The number of allylic oxidation sites excluding steroid dienone is 1. The normalized spacial score (nSPS) is 23.5. The predicted molar refractivity (Wildman–Crippen MR) is 228 cm³/mol. The van der Waals surface area contributed by atoms with Gasteiger partial charge < -0.3 is 40.8 Å². The standard InChI is InChI=1S/C44H86NO11P/c1-3-5-7-9-11-13-15-17-19-20-21-23-25-27-29-31-33-37(46)36(35-55-57(53,54)56-44-42(51)40(49)39(48)41(50)43(44)52)45-38(47)34-32-30-28-26-24-22-18-16-14-12-10-8-6-4-2/h31,33,36-37,39-44,46,48-52H,3-30,32,34-35H2,1-2H3,(H,45,47)(H,53,54)/b33-31+/t36-,37+,39?,40+,41?,42?,43?,44?/m0/s1. The summed E-state index contributed by atoms with van der Waals surface area (Å²) in [6, 6.07) is -1.11. The van der Waals surface area contributed by atoms with E-state index in [1.165, 1.54) is 141 Å². The third-order valence-electron chi connectivity index (χ3n) is 11.3. The fourth-order valence-electron chi connectivity index (χ4n) is 7.49. The Hall–Kier alpha value is -0.920. The van der Waals surface area contributed by atoms with Crippen LogP contribution in [0, 0.1) is 0 Å². The van der Waals surface area contributed by atoms with E-state index in [1.807, 2.05) is 6.08 Å². The molecule has 0 aromatic carbocycles. The zero-order valence-electron chi connectivity index (χ0n) is 35.9. The molecule has 13 heteroatoms. The van der Waals surface area contributed by atoms with Crippen LogP contribution in [0.25, 0.3) is 0 Å². The third-order valence-corrected chi connectivity index (χ3v) is 12.3. The summed E-state index contributed by atoms with van der Waals surface area (Å²) in [6.07, 6.45) is 25.6. The lowest BCUT2D eigenvalue weighted by Crippen LogP contribution is -2.64. The molecule has 0 aromatic rings. The molecule has 12 nitrogen and oxygen atoms in total. The van der Waals surface area contributed by atoms with Gasteiger partial charge in [0.2, 0.25) is 5.91 Å². The Bertz CT molecular complexity index is 1020. The topological polar surface area (TPSA) is 206 Å². The Balaban J connectivity index is 2.50. The van der Waals surface area contributed by atoms with Crippen LogP contribution in [-0.2, 0) is 18.4 Å². The van der Waals surface area contributed by atoms with Crippen molar-refractivity contribution in [3.05, 3.63) is 12.2 Å². The zero-order valence-corrected chi connectivity index (χ0v) is 36.8. The molecule has 57 heavy (non-hydrogen) atoms. The van der Waals surface area contributed by atoms with Crippen molar-refractivity contribution in [2.24, 2.45) is 0 Å². The van der Waals surface area contributed by atoms with E-state index in [2.05, 4.69) is 19.2 Å². The molecule has 1 saturated carbocycles. The smallest absolute Gasteiger partial charge is 0.387 e. The largest absolute Gasteiger partial charge is 0.472 e. The number of aliphatic hydroxyl groups excluding tert-OH is 6. The third kappa shape index (κ3) is 26.8. The highest BCUT2D eigenvalue weighted by Gasteiger charge is 2.51. The summed E-state index contributed by atoms with van der Waals surface area (Å²) < 4.78 is 22.9. The van der Waals surface area contributed by atoms with Crippen molar-refractivity contribution in [1.29, 1.82) is 0 Å². The number of aliphatic hydroxyl groups is 6. The highest BCUT2D eigenvalue weighted by atomic mass is 31.2. The maximum atomic E-state index is 12.9. The minimum absolute atomic E-state index is 0.218. The molecular formula is C44H86NO11P. The van der Waals surface area contributed by atoms with E-state index in [1.54, 1.807) is 0 Å². The van der Waals surface area contributed by atoms with Gasteiger partial charge in [-0.3, -0.25) is 13.8 Å². The summed E-state index contributed by atoms with van der Waals surface area (Å²) in [5, 5.41) is 63.9. The predicted octanol–water partition coefficient (Wildman–Crippen LogP) is 8.45. The van der Waals surface area contributed by atoms with Gasteiger partial charge in [0.15, 0.2) is 0 Å². The molecule has 1 aliphatic rings. The molecule has 0 aromatic heterocycles. The Morgan fingerprint density at radius 2 is 0.930 bits per heavy atom. The first-order chi connectivity index (χ1) is 27.4. The molecule has 6 unspecified atom stereocenters. The Morgan fingerprint density at radius 1 is 0.579 bits per heavy atom. The molecule has 0 radical (unpaired) electrons. The second kappa shape index (κ2) is 34.8. The minimum Gasteiger partial charge on any atom is -0.387 e. The first kappa shape index (κ1) is 54.1. The van der Waals surface area contributed by atoms with Crippen LogP contribution in [0.4, 0.5) is 0 Å². The van der Waals surface area contributed by atoms with Crippen LogP contribution in [0.5, 0.6) is 0 Å². The van der Waals surface area contributed by atoms with E-state index in [-0.39, 0.29) is 12.3 Å². The number of rotatable bonds is 38. The lowest BCUT2D eigenvalue weighted by atomic mass is 9.85. The number of hydrogen-bond donors (Lipinski definition) is 8. The number of carbonyl (C=O) groups excluding carboxylic acids is 1. The molecule has 0 bridgehead atoms. The summed E-state index contributed by atoms with van der Waals surface area (Å²) in [6.45, 7) is 3.84. The Kier molecular flexibility index (Phi) is 33.0. The Labute approximate surface area is 346 Å². The van der Waals surface area contributed by atoms with Crippen molar-refractivity contribution in [3.8, 4) is 0 Å². The number of hydrogen-bond acceptors (Lipinski definition) is 10. The first-order valence-electron chi connectivity index (χ1n) is 23.1. The number of unbranched alkanes of at least 4 members (excludes halogenated alkanes) is 27. The molecule has 8 N–H and O–H groups in total. The van der Waals surface area contributed by atoms with Gasteiger partial charge >= 0.3 is 7.82 Å². The van der Waals surface area contributed by atoms with E-state index in [0.29, 0.717) is 6.42 Å². The number of phosphoric ester groups is 1. The molecule has 9 atom stereocenters. The SMILES string of the molecule is CCCCCCCCCCCCCCCC/C=C/[C@@H](O)[C@H](COP(=O)(O)OC1C(O)C(O)C(O)[C@@H](O)C1O)NC(=O)CCCCCCCCCCCCCCCC. The van der Waals surface area contributed by atoms with E-state index >= 15 is 0 Å². The van der Waals surface area contributed by atoms with Gasteiger partial charge in [0, 0.05) is 6.42 Å². The van der Waals surface area contributed by atoms with Gasteiger partial charge in [-0.2, -0.15) is 0 Å². The summed E-state index contributed by atoms with van der Waals surface area (Å²) in [5.74, 6) is -0.339. The van der Waals surface area contributed by atoms with E-state index in [9.17, 15) is 44.9 Å². The molecule has 1 rings (SSSR count). The minimum atomic E-state index is -5.07. The monoisotopic (exact) mass is 836 g/mol. The number of carbonyl (C=O) groups is 1. The van der Waals surface area contributed by atoms with Gasteiger partial charge in [-0.25, -0.2) is 4.57 Å². The van der Waals surface area contributed by atoms with Crippen LogP contribution < -0.4 is 5.32 Å². The molecule has 1 fully saturated rings. The van der Waals surface area contributed by atoms with Crippen molar-refractivity contribution in [2.45, 2.75) is 255 Å².